The predicted octanol–water partition coefficient (Wildman–Crippen LogP) is 3.73. The van der Waals surface area contributed by atoms with Crippen LogP contribution in [0.3, 0.4) is 0 Å². The highest BCUT2D eigenvalue weighted by Crippen LogP contribution is 2.29. The molecule has 1 fully saturated rings. The molecule has 154 valence electrons. The molecular weight excluding hydrogens is 391 g/mol. The molecule has 2 heterocycles. The van der Waals surface area contributed by atoms with Gasteiger partial charge in [0.05, 0.1) is 17.3 Å². The van der Waals surface area contributed by atoms with Crippen molar-refractivity contribution in [1.29, 1.82) is 0 Å². The van der Waals surface area contributed by atoms with Crippen LogP contribution in [0.25, 0.3) is 11.5 Å². The standard InChI is InChI=1S/C21H19FN4O4/c22-17-7-5-15(6-8-17)20-23-24-21(30-20)16-2-1-11-25(13-16)19(27)12-14-3-9-18(10-4-14)26(28)29/h3-10,16H,1-2,11-13H2. The van der Waals surface area contributed by atoms with Gasteiger partial charge in [-0.05, 0) is 42.7 Å². The molecule has 1 aromatic heterocycles. The number of piperidine rings is 1. The van der Waals surface area contributed by atoms with Crippen LogP contribution in [0.1, 0.15) is 30.2 Å². The topological polar surface area (TPSA) is 102 Å². The van der Waals surface area contributed by atoms with Crippen molar-refractivity contribution in [2.75, 3.05) is 13.1 Å². The second-order valence-electron chi connectivity index (χ2n) is 7.23. The molecule has 1 unspecified atom stereocenters. The SMILES string of the molecule is O=C(Cc1ccc([N+](=O)[O-])cc1)N1CCCC(c2nnc(-c3ccc(F)cc3)o2)C1. The Morgan fingerprint density at radius 1 is 1.17 bits per heavy atom. The fourth-order valence-electron chi connectivity index (χ4n) is 3.54. The molecule has 1 saturated heterocycles. The number of hydrogen-bond acceptors (Lipinski definition) is 6. The van der Waals surface area contributed by atoms with Gasteiger partial charge in [0.25, 0.3) is 5.69 Å². The number of nitro groups is 1. The Balaban J connectivity index is 1.41. The maximum Gasteiger partial charge on any atom is 0.269 e. The zero-order valence-corrected chi connectivity index (χ0v) is 16.0. The van der Waals surface area contributed by atoms with E-state index in [1.807, 2.05) is 0 Å². The molecule has 0 spiro atoms. The lowest BCUT2D eigenvalue weighted by Gasteiger charge is -2.31. The molecule has 2 aromatic carbocycles. The number of aromatic nitrogens is 2. The minimum absolute atomic E-state index is 0.00223. The molecule has 3 aromatic rings. The fraction of sp³-hybridized carbons (Fsp3) is 0.286. The number of halogens is 1. The molecule has 8 nitrogen and oxygen atoms in total. The van der Waals surface area contributed by atoms with Crippen LogP contribution in [0.4, 0.5) is 10.1 Å². The van der Waals surface area contributed by atoms with Crippen LogP contribution < -0.4 is 0 Å². The Kier molecular flexibility index (Phi) is 5.51. The number of nitro benzene ring substituents is 1. The number of non-ortho nitro benzene ring substituents is 1. The Morgan fingerprint density at radius 3 is 2.60 bits per heavy atom. The lowest BCUT2D eigenvalue weighted by Crippen LogP contribution is -2.40. The van der Waals surface area contributed by atoms with Gasteiger partial charge in [-0.15, -0.1) is 10.2 Å². The number of amides is 1. The van der Waals surface area contributed by atoms with Gasteiger partial charge in [-0.1, -0.05) is 12.1 Å². The number of carbonyl (C=O) groups excluding carboxylic acids is 1. The summed E-state index contributed by atoms with van der Waals surface area (Å²) in [7, 11) is 0. The molecular formula is C21H19FN4O4. The summed E-state index contributed by atoms with van der Waals surface area (Å²) in [5, 5.41) is 18.9. The van der Waals surface area contributed by atoms with Crippen LogP contribution in [0.5, 0.6) is 0 Å². The molecule has 1 aliphatic heterocycles. The van der Waals surface area contributed by atoms with Gasteiger partial charge >= 0.3 is 0 Å². The van der Waals surface area contributed by atoms with Gasteiger partial charge in [0, 0.05) is 30.8 Å². The molecule has 0 saturated carbocycles. The van der Waals surface area contributed by atoms with Crippen LogP contribution in [-0.4, -0.2) is 39.0 Å². The quantitative estimate of drug-likeness (QED) is 0.469. The van der Waals surface area contributed by atoms with E-state index in [4.69, 9.17) is 4.42 Å². The molecule has 1 aliphatic rings. The Hall–Kier alpha value is -3.62. The van der Waals surface area contributed by atoms with Crippen molar-refractivity contribution in [2.45, 2.75) is 25.2 Å². The highest BCUT2D eigenvalue weighted by atomic mass is 19.1. The Morgan fingerprint density at radius 2 is 1.90 bits per heavy atom. The third-order valence-electron chi connectivity index (χ3n) is 5.16. The highest BCUT2D eigenvalue weighted by molar-refractivity contribution is 5.79. The third kappa shape index (κ3) is 4.35. The normalized spacial score (nSPS) is 16.4. The lowest BCUT2D eigenvalue weighted by atomic mass is 9.97. The van der Waals surface area contributed by atoms with Crippen LogP contribution in [0.15, 0.2) is 52.9 Å². The van der Waals surface area contributed by atoms with Gasteiger partial charge in [-0.2, -0.15) is 0 Å². The smallest absolute Gasteiger partial charge is 0.269 e. The van der Waals surface area contributed by atoms with E-state index >= 15 is 0 Å². The van der Waals surface area contributed by atoms with Gasteiger partial charge in [0.2, 0.25) is 17.7 Å². The van der Waals surface area contributed by atoms with Gasteiger partial charge in [-0.25, -0.2) is 4.39 Å². The third-order valence-corrected chi connectivity index (χ3v) is 5.16. The number of likely N-dealkylation sites (tertiary alicyclic amines) is 1. The first-order valence-electron chi connectivity index (χ1n) is 9.60. The molecule has 0 radical (unpaired) electrons. The summed E-state index contributed by atoms with van der Waals surface area (Å²) >= 11 is 0. The van der Waals surface area contributed by atoms with Gasteiger partial charge in [0.15, 0.2) is 0 Å². The first-order chi connectivity index (χ1) is 14.5. The molecule has 9 heteroatoms. The van der Waals surface area contributed by atoms with Crippen molar-refractivity contribution >= 4 is 11.6 Å². The monoisotopic (exact) mass is 410 g/mol. The van der Waals surface area contributed by atoms with Gasteiger partial charge in [0.1, 0.15) is 5.82 Å². The Bertz CT molecular complexity index is 1050. The zero-order valence-electron chi connectivity index (χ0n) is 16.0. The number of nitrogens with zero attached hydrogens (tertiary/aromatic N) is 4. The maximum atomic E-state index is 13.1. The average Bonchev–Trinajstić information content (AvgIpc) is 3.25. The van der Waals surface area contributed by atoms with E-state index in [9.17, 15) is 19.3 Å². The van der Waals surface area contributed by atoms with E-state index in [1.165, 1.54) is 24.3 Å². The number of hydrogen-bond donors (Lipinski definition) is 0. The molecule has 30 heavy (non-hydrogen) atoms. The predicted molar refractivity (Wildman–Crippen MR) is 105 cm³/mol. The molecule has 0 bridgehead atoms. The molecule has 1 atom stereocenters. The van der Waals surface area contributed by atoms with Crippen molar-refractivity contribution in [3.8, 4) is 11.5 Å². The summed E-state index contributed by atoms with van der Waals surface area (Å²) in [5.74, 6) is 0.322. The van der Waals surface area contributed by atoms with E-state index < -0.39 is 4.92 Å². The second kappa shape index (κ2) is 8.40. The zero-order chi connectivity index (χ0) is 21.1. The fourth-order valence-corrected chi connectivity index (χ4v) is 3.54. The molecule has 0 aliphatic carbocycles. The van der Waals surface area contributed by atoms with Crippen molar-refractivity contribution in [3.63, 3.8) is 0 Å². The Labute approximate surface area is 171 Å². The van der Waals surface area contributed by atoms with Crippen molar-refractivity contribution in [1.82, 2.24) is 15.1 Å². The van der Waals surface area contributed by atoms with Crippen molar-refractivity contribution < 1.29 is 18.5 Å². The lowest BCUT2D eigenvalue weighted by molar-refractivity contribution is -0.384. The summed E-state index contributed by atoms with van der Waals surface area (Å²) in [6, 6.07) is 11.8. The average molecular weight is 410 g/mol. The van der Waals surface area contributed by atoms with Crippen LogP contribution >= 0.6 is 0 Å². The van der Waals surface area contributed by atoms with E-state index in [1.54, 1.807) is 29.2 Å². The van der Waals surface area contributed by atoms with Gasteiger partial charge in [-0.3, -0.25) is 14.9 Å². The minimum atomic E-state index is -0.467. The number of rotatable bonds is 5. The van der Waals surface area contributed by atoms with E-state index in [2.05, 4.69) is 10.2 Å². The molecule has 4 rings (SSSR count). The van der Waals surface area contributed by atoms with Crippen LogP contribution in [-0.2, 0) is 11.2 Å². The molecule has 1 amide bonds. The summed E-state index contributed by atoms with van der Waals surface area (Å²) in [4.78, 5) is 24.8. The van der Waals surface area contributed by atoms with Crippen LogP contribution in [0.2, 0.25) is 0 Å². The number of carbonyl (C=O) groups is 1. The first-order valence-corrected chi connectivity index (χ1v) is 9.60. The number of benzene rings is 2. The first kappa shape index (κ1) is 19.7. The summed E-state index contributed by atoms with van der Waals surface area (Å²) in [5.41, 5.74) is 1.36. The van der Waals surface area contributed by atoms with Gasteiger partial charge < -0.3 is 9.32 Å². The second-order valence-corrected chi connectivity index (χ2v) is 7.23. The van der Waals surface area contributed by atoms with Crippen LogP contribution in [0, 0.1) is 15.9 Å². The van der Waals surface area contributed by atoms with Crippen molar-refractivity contribution in [2.24, 2.45) is 0 Å². The van der Waals surface area contributed by atoms with Crippen molar-refractivity contribution in [3.05, 3.63) is 75.9 Å². The van der Waals surface area contributed by atoms with E-state index in [0.29, 0.717) is 30.4 Å². The summed E-state index contributed by atoms with van der Waals surface area (Å²) in [6.07, 6.45) is 1.81. The van der Waals surface area contributed by atoms with E-state index in [-0.39, 0.29) is 29.8 Å². The van der Waals surface area contributed by atoms with E-state index in [0.717, 1.165) is 18.4 Å². The summed E-state index contributed by atoms with van der Waals surface area (Å²) in [6.45, 7) is 1.11. The summed E-state index contributed by atoms with van der Waals surface area (Å²) < 4.78 is 18.9. The highest BCUT2D eigenvalue weighted by Gasteiger charge is 2.28. The largest absolute Gasteiger partial charge is 0.420 e. The maximum absolute atomic E-state index is 13.1. The minimum Gasteiger partial charge on any atom is -0.420 e. The molecule has 0 N–H and O–H groups in total.